The number of guanidine groups is 1. The summed E-state index contributed by atoms with van der Waals surface area (Å²) in [6.07, 6.45) is 0. The molecule has 1 aliphatic heterocycles. The number of hydrogen-bond donors (Lipinski definition) is 2. The van der Waals surface area contributed by atoms with Crippen LogP contribution in [0.1, 0.15) is 0 Å². The summed E-state index contributed by atoms with van der Waals surface area (Å²) in [4.78, 5) is 4.22. The number of anilines is 1. The molecule has 9 heteroatoms. The van der Waals surface area contributed by atoms with E-state index >= 15 is 0 Å². The third-order valence-corrected chi connectivity index (χ3v) is 2.74. The Hall–Kier alpha value is -1.84. The Kier molecular flexibility index (Phi) is 5.74. The minimum Gasteiger partial charge on any atom is -0.759 e. The molecule has 3 N–H and O–H groups in total. The van der Waals surface area contributed by atoms with E-state index in [-0.39, 0.29) is 5.96 Å². The van der Waals surface area contributed by atoms with Gasteiger partial charge in [0.15, 0.2) is 5.96 Å². The van der Waals surface area contributed by atoms with Crippen LogP contribution in [0.3, 0.4) is 0 Å². The number of nitrogens with two attached hydrogens (primary N) is 1. The predicted octanol–water partition coefficient (Wildman–Crippen LogP) is -0.636. The van der Waals surface area contributed by atoms with Gasteiger partial charge in [0.25, 0.3) is 0 Å². The first kappa shape index (κ1) is 16.2. The van der Waals surface area contributed by atoms with Crippen molar-refractivity contribution in [2.45, 2.75) is 0 Å². The Morgan fingerprint density at radius 1 is 1.10 bits per heavy atom. The van der Waals surface area contributed by atoms with E-state index in [1.165, 1.54) is 5.69 Å². The number of rotatable bonds is 1. The van der Waals surface area contributed by atoms with Gasteiger partial charge in [0.2, 0.25) is 0 Å². The highest BCUT2D eigenvalue weighted by molar-refractivity contribution is 7.79. The van der Waals surface area contributed by atoms with E-state index < -0.39 is 10.4 Å². The molecule has 1 aliphatic rings. The average molecular weight is 300 g/mol. The first-order chi connectivity index (χ1) is 9.27. The van der Waals surface area contributed by atoms with E-state index in [4.69, 9.17) is 28.7 Å². The molecule has 0 atom stereocenters. The molecule has 1 saturated heterocycles. The Labute approximate surface area is 117 Å². The summed E-state index contributed by atoms with van der Waals surface area (Å²) in [6, 6.07) is 10.3. The van der Waals surface area contributed by atoms with Crippen LogP contribution in [0.25, 0.3) is 0 Å². The molecule has 0 radical (unpaired) electrons. The van der Waals surface area contributed by atoms with Crippen molar-refractivity contribution < 1.29 is 17.5 Å². The molecular formula is C11H16N4O4S-2. The lowest BCUT2D eigenvalue weighted by molar-refractivity contribution is 0.352. The second kappa shape index (κ2) is 7.08. The normalized spacial score (nSPS) is 15.3. The van der Waals surface area contributed by atoms with Crippen molar-refractivity contribution in [3.63, 3.8) is 0 Å². The molecule has 0 aromatic heterocycles. The Bertz CT molecular complexity index is 519. The number of para-hydroxylation sites is 1. The van der Waals surface area contributed by atoms with Crippen LogP contribution in [-0.2, 0) is 10.4 Å². The molecule has 0 bridgehead atoms. The second-order valence-corrected chi connectivity index (χ2v) is 4.92. The highest BCUT2D eigenvalue weighted by atomic mass is 32.3. The molecule has 0 saturated carbocycles. The Morgan fingerprint density at radius 2 is 1.55 bits per heavy atom. The van der Waals surface area contributed by atoms with Crippen molar-refractivity contribution in [1.82, 2.24) is 4.90 Å². The van der Waals surface area contributed by atoms with Crippen LogP contribution in [0.4, 0.5) is 5.69 Å². The van der Waals surface area contributed by atoms with E-state index in [0.29, 0.717) is 0 Å². The minimum atomic E-state index is -5.17. The molecule has 2 rings (SSSR count). The van der Waals surface area contributed by atoms with Gasteiger partial charge < -0.3 is 24.6 Å². The van der Waals surface area contributed by atoms with Gasteiger partial charge in [-0.1, -0.05) is 18.2 Å². The molecule has 8 nitrogen and oxygen atoms in total. The number of nitrogens with zero attached hydrogens (tertiary/aromatic N) is 2. The van der Waals surface area contributed by atoms with Crippen LogP contribution in [0.5, 0.6) is 0 Å². The Balaban J connectivity index is 0.000000347. The lowest BCUT2D eigenvalue weighted by atomic mass is 10.2. The van der Waals surface area contributed by atoms with E-state index in [2.05, 4.69) is 17.0 Å². The molecule has 0 spiro atoms. The quantitative estimate of drug-likeness (QED) is 0.305. The van der Waals surface area contributed by atoms with E-state index in [1.54, 1.807) is 0 Å². The summed E-state index contributed by atoms with van der Waals surface area (Å²) in [6.45, 7) is 3.54. The highest BCUT2D eigenvalue weighted by Gasteiger charge is 2.17. The Morgan fingerprint density at radius 3 is 1.95 bits per heavy atom. The molecular weight excluding hydrogens is 284 g/mol. The maximum atomic E-state index is 8.52. The fourth-order valence-electron chi connectivity index (χ4n) is 1.84. The van der Waals surface area contributed by atoms with Crippen molar-refractivity contribution in [2.75, 3.05) is 31.1 Å². The van der Waals surface area contributed by atoms with Crippen molar-refractivity contribution in [3.8, 4) is 0 Å². The summed E-state index contributed by atoms with van der Waals surface area (Å²) < 4.78 is 34.1. The third-order valence-electron chi connectivity index (χ3n) is 2.74. The van der Waals surface area contributed by atoms with Crippen molar-refractivity contribution in [1.29, 1.82) is 5.41 Å². The van der Waals surface area contributed by atoms with Crippen LogP contribution < -0.4 is 10.6 Å². The van der Waals surface area contributed by atoms with Gasteiger partial charge in [-0.15, -0.1) is 0 Å². The van der Waals surface area contributed by atoms with Crippen LogP contribution in [0, 0.1) is 5.41 Å². The highest BCUT2D eigenvalue weighted by Crippen LogP contribution is 2.14. The monoisotopic (exact) mass is 300 g/mol. The van der Waals surface area contributed by atoms with Gasteiger partial charge in [-0.2, -0.15) is 0 Å². The van der Waals surface area contributed by atoms with E-state index in [9.17, 15) is 0 Å². The molecule has 1 aromatic rings. The van der Waals surface area contributed by atoms with E-state index in [1.807, 2.05) is 23.1 Å². The topological polar surface area (TPSA) is 137 Å². The van der Waals surface area contributed by atoms with Gasteiger partial charge in [-0.25, -0.2) is 0 Å². The van der Waals surface area contributed by atoms with Gasteiger partial charge in [0.1, 0.15) is 0 Å². The molecule has 0 unspecified atom stereocenters. The number of piperazine rings is 1. The molecule has 1 heterocycles. The van der Waals surface area contributed by atoms with Gasteiger partial charge in [0.05, 0.1) is 0 Å². The first-order valence-corrected chi connectivity index (χ1v) is 7.16. The molecule has 1 fully saturated rings. The molecule has 112 valence electrons. The van der Waals surface area contributed by atoms with Crippen LogP contribution in [0.15, 0.2) is 30.3 Å². The summed E-state index contributed by atoms with van der Waals surface area (Å²) in [5, 5.41) is 7.34. The number of hydrogen-bond acceptors (Lipinski definition) is 6. The van der Waals surface area contributed by atoms with Gasteiger partial charge in [0, 0.05) is 42.3 Å². The fraction of sp³-hybridized carbons (Fsp3) is 0.364. The zero-order valence-corrected chi connectivity index (χ0v) is 11.5. The zero-order valence-electron chi connectivity index (χ0n) is 10.7. The minimum absolute atomic E-state index is 0.183. The molecule has 20 heavy (non-hydrogen) atoms. The summed E-state index contributed by atoms with van der Waals surface area (Å²) in [5.41, 5.74) is 6.69. The fourth-order valence-corrected chi connectivity index (χ4v) is 1.84. The average Bonchev–Trinajstić information content (AvgIpc) is 2.38. The van der Waals surface area contributed by atoms with Crippen molar-refractivity contribution >= 4 is 22.0 Å². The van der Waals surface area contributed by atoms with Gasteiger partial charge in [-0.05, 0) is 12.1 Å². The van der Waals surface area contributed by atoms with Gasteiger partial charge in [-0.3, -0.25) is 13.8 Å². The molecule has 0 aliphatic carbocycles. The molecule has 0 amide bonds. The third kappa shape index (κ3) is 6.36. The summed E-state index contributed by atoms with van der Waals surface area (Å²) >= 11 is 0. The standard InChI is InChI=1S/C11H16N4.H2O4S/c12-11(13)15-8-6-14(7-9-15)10-4-2-1-3-5-10;1-5(2,3)4/h1-5H,6-9H2,(H3,12,13);(H2,1,2,3,4)/p-2. The second-order valence-electron chi connectivity index (χ2n) is 4.10. The maximum absolute atomic E-state index is 8.52. The lowest BCUT2D eigenvalue weighted by Crippen LogP contribution is -2.50. The van der Waals surface area contributed by atoms with Gasteiger partial charge >= 0.3 is 0 Å². The first-order valence-electron chi connectivity index (χ1n) is 5.83. The molecule has 1 aromatic carbocycles. The SMILES string of the molecule is N=C(N)N1CCN(c2ccccc2)CC1.O=S(=O)([O-])[O-]. The lowest BCUT2D eigenvalue weighted by Gasteiger charge is -2.36. The summed E-state index contributed by atoms with van der Waals surface area (Å²) in [5.74, 6) is 0.183. The van der Waals surface area contributed by atoms with Crippen LogP contribution in [0.2, 0.25) is 0 Å². The van der Waals surface area contributed by atoms with Crippen molar-refractivity contribution in [2.24, 2.45) is 5.73 Å². The number of nitrogens with one attached hydrogen (secondary N) is 1. The zero-order chi connectivity index (χ0) is 15.2. The largest absolute Gasteiger partial charge is 0.759 e. The summed E-state index contributed by atoms with van der Waals surface area (Å²) in [7, 11) is -5.17. The van der Waals surface area contributed by atoms with E-state index in [0.717, 1.165) is 26.2 Å². The number of benzene rings is 1. The van der Waals surface area contributed by atoms with Crippen LogP contribution >= 0.6 is 0 Å². The maximum Gasteiger partial charge on any atom is 0.188 e. The van der Waals surface area contributed by atoms with Crippen LogP contribution in [-0.4, -0.2) is 54.6 Å². The predicted molar refractivity (Wildman–Crippen MR) is 72.6 cm³/mol. The smallest absolute Gasteiger partial charge is 0.188 e. The van der Waals surface area contributed by atoms with Crippen molar-refractivity contribution in [3.05, 3.63) is 30.3 Å².